The maximum absolute atomic E-state index is 13.0. The molecular weight excluding hydrogens is 203 g/mol. The third-order valence-electron chi connectivity index (χ3n) is 1.56. The maximum atomic E-state index is 13.0. The minimum atomic E-state index is -1.12. The van der Waals surface area contributed by atoms with E-state index in [1.807, 2.05) is 13.8 Å². The van der Waals surface area contributed by atoms with Crippen LogP contribution in [0.2, 0.25) is 0 Å². The Hall–Kier alpha value is -1.72. The van der Waals surface area contributed by atoms with Gasteiger partial charge in [-0.15, -0.1) is 0 Å². The lowest BCUT2D eigenvalue weighted by molar-refractivity contribution is -0.388. The lowest BCUT2D eigenvalue weighted by Gasteiger charge is -2.06. The van der Waals surface area contributed by atoms with Crippen molar-refractivity contribution in [3.05, 3.63) is 28.2 Å². The van der Waals surface area contributed by atoms with Gasteiger partial charge in [0.15, 0.2) is 0 Å². The molecule has 1 rings (SSSR count). The highest BCUT2D eigenvalue weighted by atomic mass is 19.1. The summed E-state index contributed by atoms with van der Waals surface area (Å²) in [6, 6.07) is 2.32. The fourth-order valence-corrected chi connectivity index (χ4v) is 0.879. The van der Waals surface area contributed by atoms with Crippen LogP contribution in [0.1, 0.15) is 13.8 Å². The van der Waals surface area contributed by atoms with Crippen LogP contribution >= 0.6 is 0 Å². The lowest BCUT2D eigenvalue weighted by atomic mass is 10.2. The second kappa shape index (κ2) is 4.68. The van der Waals surface area contributed by atoms with Crippen LogP contribution in [0.15, 0.2) is 12.1 Å². The topological polar surface area (TPSA) is 65.3 Å². The molecule has 0 atom stereocenters. The largest absolute Gasteiger partial charge is 0.477 e. The molecule has 6 heteroatoms. The first-order chi connectivity index (χ1) is 7.00. The number of rotatable bonds is 4. The molecule has 0 amide bonds. The molecule has 0 radical (unpaired) electrons. The number of pyridine rings is 1. The van der Waals surface area contributed by atoms with Gasteiger partial charge in [-0.25, -0.2) is 0 Å². The highest BCUT2D eigenvalue weighted by molar-refractivity contribution is 5.30. The predicted molar refractivity (Wildman–Crippen MR) is 51.2 cm³/mol. The minimum absolute atomic E-state index is 0.0619. The number of nitrogens with zero attached hydrogens (tertiary/aromatic N) is 2. The first-order valence-corrected chi connectivity index (χ1v) is 4.44. The zero-order valence-electron chi connectivity index (χ0n) is 8.44. The Morgan fingerprint density at radius 3 is 2.73 bits per heavy atom. The van der Waals surface area contributed by atoms with E-state index in [0.29, 0.717) is 6.61 Å². The summed E-state index contributed by atoms with van der Waals surface area (Å²) in [4.78, 5) is 12.8. The summed E-state index contributed by atoms with van der Waals surface area (Å²) in [5, 5.41) is 10.3. The van der Waals surface area contributed by atoms with Crippen molar-refractivity contribution < 1.29 is 14.1 Å². The van der Waals surface area contributed by atoms with Gasteiger partial charge >= 0.3 is 5.69 Å². The predicted octanol–water partition coefficient (Wildman–Crippen LogP) is 2.16. The smallest absolute Gasteiger partial charge is 0.324 e. The molecule has 0 aromatic carbocycles. The summed E-state index contributed by atoms with van der Waals surface area (Å²) in [6.45, 7) is 4.26. The van der Waals surface area contributed by atoms with Gasteiger partial charge in [0.25, 0.3) is 5.95 Å². The molecule has 0 aliphatic carbocycles. The zero-order chi connectivity index (χ0) is 11.4. The van der Waals surface area contributed by atoms with E-state index in [-0.39, 0.29) is 11.8 Å². The average molecular weight is 214 g/mol. The molecule has 82 valence electrons. The molecule has 5 nitrogen and oxygen atoms in total. The molecule has 1 aromatic rings. The number of ether oxygens (including phenoxy) is 1. The first-order valence-electron chi connectivity index (χ1n) is 4.44. The number of halogens is 1. The van der Waals surface area contributed by atoms with E-state index in [1.165, 1.54) is 6.07 Å². The van der Waals surface area contributed by atoms with E-state index in [0.717, 1.165) is 6.07 Å². The van der Waals surface area contributed by atoms with Gasteiger partial charge in [-0.1, -0.05) is 13.8 Å². The summed E-state index contributed by atoms with van der Waals surface area (Å²) < 4.78 is 18.1. The van der Waals surface area contributed by atoms with Gasteiger partial charge in [0.2, 0.25) is 5.88 Å². The summed E-state index contributed by atoms with van der Waals surface area (Å²) in [5.74, 6) is -0.780. The van der Waals surface area contributed by atoms with Crippen LogP contribution < -0.4 is 4.74 Å². The molecule has 15 heavy (non-hydrogen) atoms. The Morgan fingerprint density at radius 1 is 1.60 bits per heavy atom. The third-order valence-corrected chi connectivity index (χ3v) is 1.56. The van der Waals surface area contributed by atoms with Gasteiger partial charge in [-0.2, -0.15) is 9.37 Å². The summed E-state index contributed by atoms with van der Waals surface area (Å²) in [5.41, 5.74) is -0.646. The molecule has 0 saturated heterocycles. The van der Waals surface area contributed by atoms with Crippen LogP contribution in [-0.2, 0) is 0 Å². The molecule has 0 N–H and O–H groups in total. The van der Waals surface area contributed by atoms with E-state index in [4.69, 9.17) is 4.74 Å². The third kappa shape index (κ3) is 3.16. The molecule has 0 spiro atoms. The number of aromatic nitrogens is 1. The van der Waals surface area contributed by atoms with Crippen LogP contribution in [0.3, 0.4) is 0 Å². The van der Waals surface area contributed by atoms with Crippen molar-refractivity contribution in [1.82, 2.24) is 4.98 Å². The Morgan fingerprint density at radius 2 is 2.27 bits per heavy atom. The molecular formula is C9H11FN2O3. The zero-order valence-corrected chi connectivity index (χ0v) is 8.44. The van der Waals surface area contributed by atoms with E-state index < -0.39 is 16.6 Å². The number of hydrogen-bond donors (Lipinski definition) is 0. The minimum Gasteiger partial charge on any atom is -0.477 e. The standard InChI is InChI=1S/C9H11FN2O3/c1-6(2)5-15-8-4-3-7(12(13)14)9(10)11-8/h3-4,6H,5H2,1-2H3. The number of hydrogen-bond acceptors (Lipinski definition) is 4. The molecule has 1 heterocycles. The second-order valence-corrected chi connectivity index (χ2v) is 3.42. The van der Waals surface area contributed by atoms with Crippen LogP contribution in [0.4, 0.5) is 10.1 Å². The Labute approximate surface area is 86.0 Å². The van der Waals surface area contributed by atoms with E-state index >= 15 is 0 Å². The molecule has 0 unspecified atom stereocenters. The molecule has 0 bridgehead atoms. The van der Waals surface area contributed by atoms with E-state index in [1.54, 1.807) is 0 Å². The maximum Gasteiger partial charge on any atom is 0.324 e. The summed E-state index contributed by atoms with van der Waals surface area (Å²) in [7, 11) is 0. The highest BCUT2D eigenvalue weighted by Crippen LogP contribution is 2.18. The van der Waals surface area contributed by atoms with Gasteiger partial charge in [-0.05, 0) is 5.92 Å². The van der Waals surface area contributed by atoms with E-state index in [9.17, 15) is 14.5 Å². The van der Waals surface area contributed by atoms with Crippen LogP contribution in [0.25, 0.3) is 0 Å². The molecule has 0 aliphatic heterocycles. The van der Waals surface area contributed by atoms with Gasteiger partial charge in [0.1, 0.15) is 0 Å². The lowest BCUT2D eigenvalue weighted by Crippen LogP contribution is -2.06. The second-order valence-electron chi connectivity index (χ2n) is 3.42. The molecule has 1 aromatic heterocycles. The quantitative estimate of drug-likeness (QED) is 0.437. The van der Waals surface area contributed by atoms with Crippen LogP contribution in [-0.4, -0.2) is 16.5 Å². The monoisotopic (exact) mass is 214 g/mol. The van der Waals surface area contributed by atoms with Crippen molar-refractivity contribution in [2.24, 2.45) is 5.92 Å². The average Bonchev–Trinajstić information content (AvgIpc) is 2.14. The SMILES string of the molecule is CC(C)COc1ccc([N+](=O)[O-])c(F)n1. The van der Waals surface area contributed by atoms with Crippen LogP contribution in [0.5, 0.6) is 5.88 Å². The van der Waals surface area contributed by atoms with Gasteiger partial charge in [-0.3, -0.25) is 10.1 Å². The Bertz CT molecular complexity index is 368. The van der Waals surface area contributed by atoms with E-state index in [2.05, 4.69) is 4.98 Å². The Kier molecular flexibility index (Phi) is 3.54. The molecule has 0 aliphatic rings. The summed E-state index contributed by atoms with van der Waals surface area (Å²) in [6.07, 6.45) is 0. The molecule has 0 saturated carbocycles. The van der Waals surface area contributed by atoms with Gasteiger partial charge in [0, 0.05) is 12.1 Å². The Balaban J connectivity index is 2.78. The fourth-order valence-electron chi connectivity index (χ4n) is 0.879. The van der Waals surface area contributed by atoms with Crippen molar-refractivity contribution >= 4 is 5.69 Å². The first kappa shape index (κ1) is 11.4. The van der Waals surface area contributed by atoms with Gasteiger partial charge < -0.3 is 4.74 Å². The van der Waals surface area contributed by atoms with Crippen molar-refractivity contribution in [2.45, 2.75) is 13.8 Å². The van der Waals surface area contributed by atoms with Crippen molar-refractivity contribution in [3.8, 4) is 5.88 Å². The van der Waals surface area contributed by atoms with Crippen molar-refractivity contribution in [1.29, 1.82) is 0 Å². The highest BCUT2D eigenvalue weighted by Gasteiger charge is 2.15. The summed E-state index contributed by atoms with van der Waals surface area (Å²) >= 11 is 0. The number of nitro groups is 1. The van der Waals surface area contributed by atoms with Crippen molar-refractivity contribution in [2.75, 3.05) is 6.61 Å². The van der Waals surface area contributed by atoms with Gasteiger partial charge in [0.05, 0.1) is 11.5 Å². The fraction of sp³-hybridized carbons (Fsp3) is 0.444. The normalized spacial score (nSPS) is 10.4. The molecule has 0 fully saturated rings. The van der Waals surface area contributed by atoms with Crippen LogP contribution in [0, 0.1) is 22.0 Å². The van der Waals surface area contributed by atoms with Crippen molar-refractivity contribution in [3.63, 3.8) is 0 Å².